The van der Waals surface area contributed by atoms with Crippen molar-refractivity contribution in [3.8, 4) is 0 Å². The summed E-state index contributed by atoms with van der Waals surface area (Å²) in [5.41, 5.74) is 5.39. The molecule has 0 amide bonds. The summed E-state index contributed by atoms with van der Waals surface area (Å²) in [6.07, 6.45) is 2.40. The SMILES string of the molecule is CNc1c(C(=O)O)c(=O)c2cc(F)c(N3CCC(N)C3)c(Cl)c2n1C1CC1. The second-order valence-electron chi connectivity index (χ2n) is 7.12. The molecule has 9 heteroatoms. The zero-order valence-corrected chi connectivity index (χ0v) is 15.5. The van der Waals surface area contributed by atoms with Crippen molar-refractivity contribution in [2.24, 2.45) is 5.73 Å². The van der Waals surface area contributed by atoms with Crippen LogP contribution in [-0.2, 0) is 0 Å². The number of aromatic nitrogens is 1. The molecule has 1 unspecified atom stereocenters. The average molecular weight is 395 g/mol. The number of nitrogens with two attached hydrogens (primary N) is 1. The van der Waals surface area contributed by atoms with Crippen LogP contribution in [0.2, 0.25) is 5.02 Å². The number of carboxylic acid groups (broad SMARTS) is 1. The van der Waals surface area contributed by atoms with Crippen molar-refractivity contribution in [1.29, 1.82) is 0 Å². The molecule has 1 atom stereocenters. The molecule has 4 N–H and O–H groups in total. The maximum atomic E-state index is 14.9. The molecule has 1 saturated carbocycles. The van der Waals surface area contributed by atoms with Gasteiger partial charge >= 0.3 is 5.97 Å². The molecule has 2 aliphatic rings. The Labute approximate surface area is 159 Å². The van der Waals surface area contributed by atoms with Gasteiger partial charge in [0, 0.05) is 32.2 Å². The number of rotatable bonds is 4. The highest BCUT2D eigenvalue weighted by Gasteiger charge is 2.34. The Morgan fingerprint density at radius 1 is 1.41 bits per heavy atom. The third-order valence-electron chi connectivity index (χ3n) is 5.26. The van der Waals surface area contributed by atoms with Crippen LogP contribution < -0.4 is 21.4 Å². The maximum Gasteiger partial charge on any atom is 0.343 e. The van der Waals surface area contributed by atoms with Crippen molar-refractivity contribution in [2.75, 3.05) is 30.4 Å². The van der Waals surface area contributed by atoms with Gasteiger partial charge in [-0.2, -0.15) is 0 Å². The van der Waals surface area contributed by atoms with Crippen LogP contribution in [0.1, 0.15) is 35.7 Å². The average Bonchev–Trinajstić information content (AvgIpc) is 3.36. The fraction of sp³-hybridized carbons (Fsp3) is 0.444. The first-order valence-electron chi connectivity index (χ1n) is 8.86. The number of nitrogens with one attached hydrogen (secondary N) is 1. The van der Waals surface area contributed by atoms with Gasteiger partial charge in [-0.05, 0) is 25.3 Å². The number of hydrogen-bond acceptors (Lipinski definition) is 5. The highest BCUT2D eigenvalue weighted by molar-refractivity contribution is 6.38. The molecule has 1 aliphatic heterocycles. The Morgan fingerprint density at radius 2 is 2.11 bits per heavy atom. The number of benzene rings is 1. The van der Waals surface area contributed by atoms with Crippen LogP contribution in [0.4, 0.5) is 15.9 Å². The Hall–Kier alpha value is -2.32. The standard InChI is InChI=1S/C18H20ClFN4O3/c1-22-17-12(18(26)27)16(25)10-6-11(20)15(23-5-4-8(21)7-23)13(19)14(10)24(17)9-2-3-9/h6,8-9,22H,2-5,7,21H2,1H3,(H,26,27). The summed E-state index contributed by atoms with van der Waals surface area (Å²) in [4.78, 5) is 26.3. The third-order valence-corrected chi connectivity index (χ3v) is 5.62. The zero-order valence-electron chi connectivity index (χ0n) is 14.8. The van der Waals surface area contributed by atoms with Gasteiger partial charge in [0.25, 0.3) is 0 Å². The molecule has 2 fully saturated rings. The van der Waals surface area contributed by atoms with Gasteiger partial charge in [-0.1, -0.05) is 11.6 Å². The number of halogens is 2. The van der Waals surface area contributed by atoms with E-state index in [1.807, 2.05) is 0 Å². The van der Waals surface area contributed by atoms with E-state index in [0.717, 1.165) is 25.3 Å². The highest BCUT2D eigenvalue weighted by atomic mass is 35.5. The van der Waals surface area contributed by atoms with Crippen molar-refractivity contribution >= 4 is 40.0 Å². The first-order valence-corrected chi connectivity index (χ1v) is 9.24. The molecular weight excluding hydrogens is 375 g/mol. The van der Waals surface area contributed by atoms with E-state index < -0.39 is 22.8 Å². The summed E-state index contributed by atoms with van der Waals surface area (Å²) in [5, 5.41) is 12.5. The van der Waals surface area contributed by atoms with Gasteiger partial charge in [0.15, 0.2) is 0 Å². The zero-order chi connectivity index (χ0) is 19.5. The van der Waals surface area contributed by atoms with Gasteiger partial charge in [0.05, 0.1) is 21.6 Å². The first-order chi connectivity index (χ1) is 12.8. The molecule has 2 heterocycles. The summed E-state index contributed by atoms with van der Waals surface area (Å²) >= 11 is 6.63. The molecule has 144 valence electrons. The largest absolute Gasteiger partial charge is 0.477 e. The molecule has 1 aromatic carbocycles. The first kappa shape index (κ1) is 18.1. The van der Waals surface area contributed by atoms with Crippen molar-refractivity contribution < 1.29 is 14.3 Å². The lowest BCUT2D eigenvalue weighted by atomic mass is 10.1. The van der Waals surface area contributed by atoms with Crippen LogP contribution in [0.25, 0.3) is 10.9 Å². The van der Waals surface area contributed by atoms with Gasteiger partial charge < -0.3 is 25.6 Å². The molecule has 7 nitrogen and oxygen atoms in total. The van der Waals surface area contributed by atoms with Crippen LogP contribution in [0.15, 0.2) is 10.9 Å². The molecule has 1 aromatic heterocycles. The summed E-state index contributed by atoms with van der Waals surface area (Å²) in [7, 11) is 1.56. The number of carbonyl (C=O) groups is 1. The van der Waals surface area contributed by atoms with E-state index in [4.69, 9.17) is 17.3 Å². The molecule has 1 aliphatic carbocycles. The van der Waals surface area contributed by atoms with Gasteiger partial charge in [-0.25, -0.2) is 9.18 Å². The minimum atomic E-state index is -1.35. The maximum absolute atomic E-state index is 14.9. The Morgan fingerprint density at radius 3 is 2.63 bits per heavy atom. The van der Waals surface area contributed by atoms with E-state index >= 15 is 0 Å². The van der Waals surface area contributed by atoms with Gasteiger partial charge in [0.2, 0.25) is 5.43 Å². The molecule has 4 rings (SSSR count). The predicted octanol–water partition coefficient (Wildman–Crippen LogP) is 2.41. The quantitative estimate of drug-likeness (QED) is 0.736. The fourth-order valence-electron chi connectivity index (χ4n) is 3.90. The smallest absolute Gasteiger partial charge is 0.343 e. The fourth-order valence-corrected chi connectivity index (χ4v) is 4.31. The Bertz CT molecular complexity index is 1020. The number of hydrogen-bond donors (Lipinski definition) is 3. The second-order valence-corrected chi connectivity index (χ2v) is 7.50. The predicted molar refractivity (Wildman–Crippen MR) is 103 cm³/mol. The van der Waals surface area contributed by atoms with Gasteiger partial charge in [-0.15, -0.1) is 0 Å². The molecular formula is C18H20ClFN4O3. The molecule has 2 aromatic rings. The van der Waals surface area contributed by atoms with Crippen LogP contribution in [-0.4, -0.2) is 41.8 Å². The Balaban J connectivity index is 2.10. The molecule has 27 heavy (non-hydrogen) atoms. The Kier molecular flexibility index (Phi) is 4.27. The van der Waals surface area contributed by atoms with E-state index in [1.54, 1.807) is 16.5 Å². The number of anilines is 2. The summed E-state index contributed by atoms with van der Waals surface area (Å²) in [5.74, 6) is -1.80. The van der Waals surface area contributed by atoms with Crippen molar-refractivity contribution in [1.82, 2.24) is 4.57 Å². The number of carboxylic acids is 1. The van der Waals surface area contributed by atoms with Crippen LogP contribution in [0.3, 0.4) is 0 Å². The second kappa shape index (κ2) is 6.38. The topological polar surface area (TPSA) is 101 Å². The highest BCUT2D eigenvalue weighted by Crippen LogP contribution is 2.45. The third kappa shape index (κ3) is 2.74. The molecule has 0 bridgehead atoms. The minimum absolute atomic E-state index is 0.0188. The van der Waals surface area contributed by atoms with Crippen molar-refractivity contribution in [3.63, 3.8) is 0 Å². The summed E-state index contributed by atoms with van der Waals surface area (Å²) in [6.45, 7) is 1.05. The number of pyridine rings is 1. The molecule has 0 radical (unpaired) electrons. The number of fused-ring (bicyclic) bond motifs is 1. The number of aromatic carboxylic acids is 1. The van der Waals surface area contributed by atoms with E-state index in [-0.39, 0.29) is 34.0 Å². The minimum Gasteiger partial charge on any atom is -0.477 e. The van der Waals surface area contributed by atoms with Crippen molar-refractivity contribution in [3.05, 3.63) is 32.7 Å². The summed E-state index contributed by atoms with van der Waals surface area (Å²) < 4.78 is 16.7. The monoisotopic (exact) mass is 394 g/mol. The van der Waals surface area contributed by atoms with E-state index in [2.05, 4.69) is 5.32 Å². The van der Waals surface area contributed by atoms with Gasteiger partial charge in [0.1, 0.15) is 17.2 Å². The molecule has 1 saturated heterocycles. The van der Waals surface area contributed by atoms with Crippen LogP contribution >= 0.6 is 11.6 Å². The van der Waals surface area contributed by atoms with Crippen LogP contribution in [0, 0.1) is 5.82 Å². The lowest BCUT2D eigenvalue weighted by molar-refractivity contribution is 0.0696. The van der Waals surface area contributed by atoms with Gasteiger partial charge in [-0.3, -0.25) is 4.79 Å². The van der Waals surface area contributed by atoms with Crippen LogP contribution in [0.5, 0.6) is 0 Å². The molecule has 0 spiro atoms. The van der Waals surface area contributed by atoms with E-state index in [1.165, 1.54) is 0 Å². The normalized spacial score (nSPS) is 19.7. The van der Waals surface area contributed by atoms with Crippen molar-refractivity contribution in [2.45, 2.75) is 31.3 Å². The number of nitrogens with zero attached hydrogens (tertiary/aromatic N) is 2. The van der Waals surface area contributed by atoms with E-state index in [9.17, 15) is 19.1 Å². The lowest BCUT2D eigenvalue weighted by Crippen LogP contribution is -2.28. The summed E-state index contributed by atoms with van der Waals surface area (Å²) in [6, 6.07) is 1.06. The van der Waals surface area contributed by atoms with E-state index in [0.29, 0.717) is 18.6 Å². The lowest BCUT2D eigenvalue weighted by Gasteiger charge is -2.24.